The normalized spacial score (nSPS) is 20.0. The molecule has 1 N–H and O–H groups in total. The number of hydrogen-bond donors (Lipinski definition) is 1. The Bertz CT molecular complexity index is 575. The van der Waals surface area contributed by atoms with Crippen LogP contribution in [0.25, 0.3) is 11.0 Å². The predicted octanol–water partition coefficient (Wildman–Crippen LogP) is 2.80. The number of rotatable bonds is 3. The fourth-order valence-corrected chi connectivity index (χ4v) is 3.66. The summed E-state index contributed by atoms with van der Waals surface area (Å²) >= 11 is 1.77. The lowest BCUT2D eigenvalue weighted by molar-refractivity contribution is 0.410. The quantitative estimate of drug-likeness (QED) is 0.876. The maximum absolute atomic E-state index is 13.2. The number of halogens is 1. The molecule has 3 rings (SSSR count). The summed E-state index contributed by atoms with van der Waals surface area (Å²) in [6.45, 7) is 2.25. The van der Waals surface area contributed by atoms with Gasteiger partial charge in [-0.1, -0.05) is 11.8 Å². The van der Waals surface area contributed by atoms with Crippen LogP contribution in [0.2, 0.25) is 0 Å². The second-order valence-corrected chi connectivity index (χ2v) is 6.10. The number of aromatic nitrogens is 2. The molecule has 0 saturated carbocycles. The molecule has 1 aliphatic rings. The molecule has 1 atom stereocenters. The molecule has 1 aromatic carbocycles. The number of nitrogens with one attached hydrogen (secondary N) is 1. The van der Waals surface area contributed by atoms with E-state index in [-0.39, 0.29) is 5.82 Å². The van der Waals surface area contributed by atoms with Crippen molar-refractivity contribution in [1.82, 2.24) is 14.9 Å². The molecule has 0 bridgehead atoms. The summed E-state index contributed by atoms with van der Waals surface area (Å²) in [6.07, 6.45) is 2.55. The van der Waals surface area contributed by atoms with E-state index < -0.39 is 0 Å². The second kappa shape index (κ2) is 5.51. The van der Waals surface area contributed by atoms with E-state index in [1.807, 2.05) is 7.05 Å². The first-order valence-corrected chi connectivity index (χ1v) is 7.68. The fourth-order valence-electron chi connectivity index (χ4n) is 2.54. The van der Waals surface area contributed by atoms with Gasteiger partial charge >= 0.3 is 0 Å². The van der Waals surface area contributed by atoms with Crippen molar-refractivity contribution in [1.29, 1.82) is 0 Å². The molecule has 2 heterocycles. The zero-order valence-electron chi connectivity index (χ0n) is 11.0. The summed E-state index contributed by atoms with van der Waals surface area (Å²) in [6, 6.07) is 4.79. The van der Waals surface area contributed by atoms with Gasteiger partial charge < -0.3 is 9.88 Å². The van der Waals surface area contributed by atoms with Gasteiger partial charge in [0.1, 0.15) is 5.82 Å². The van der Waals surface area contributed by atoms with Crippen molar-refractivity contribution in [2.45, 2.75) is 18.0 Å². The maximum Gasteiger partial charge on any atom is 0.168 e. The van der Waals surface area contributed by atoms with Crippen LogP contribution in [0.4, 0.5) is 4.39 Å². The zero-order chi connectivity index (χ0) is 13.2. The highest BCUT2D eigenvalue weighted by molar-refractivity contribution is 7.99. The van der Waals surface area contributed by atoms with Gasteiger partial charge in [-0.2, -0.15) is 0 Å². The molecule has 102 valence electrons. The first-order chi connectivity index (χ1) is 9.24. The third-order valence-corrected chi connectivity index (χ3v) is 4.91. The lowest BCUT2D eigenvalue weighted by Crippen LogP contribution is -2.30. The van der Waals surface area contributed by atoms with Gasteiger partial charge in [0.05, 0.1) is 11.0 Å². The number of thioether (sulfide) groups is 1. The van der Waals surface area contributed by atoms with Crippen LogP contribution in [-0.2, 0) is 7.05 Å². The second-order valence-electron chi connectivity index (χ2n) is 5.11. The van der Waals surface area contributed by atoms with E-state index in [9.17, 15) is 4.39 Å². The number of aryl methyl sites for hydroxylation is 1. The van der Waals surface area contributed by atoms with Gasteiger partial charge in [0.2, 0.25) is 0 Å². The van der Waals surface area contributed by atoms with Crippen molar-refractivity contribution in [3.8, 4) is 0 Å². The van der Waals surface area contributed by atoms with Gasteiger partial charge in [0, 0.05) is 18.9 Å². The minimum absolute atomic E-state index is 0.223. The van der Waals surface area contributed by atoms with E-state index in [2.05, 4.69) is 14.9 Å². The molecular formula is C14H18FN3S. The first-order valence-electron chi connectivity index (χ1n) is 6.69. The van der Waals surface area contributed by atoms with Crippen molar-refractivity contribution < 1.29 is 4.39 Å². The zero-order valence-corrected chi connectivity index (χ0v) is 11.8. The number of piperidine rings is 1. The molecule has 0 aliphatic carbocycles. The van der Waals surface area contributed by atoms with Crippen molar-refractivity contribution in [2.75, 3.05) is 18.8 Å². The molecule has 3 nitrogen and oxygen atoms in total. The standard InChI is InChI=1S/C14H18FN3S/c1-18-13-5-4-11(15)7-12(13)17-14(18)19-9-10-3-2-6-16-8-10/h4-5,7,10,16H,2-3,6,8-9H2,1H3. The number of fused-ring (bicyclic) bond motifs is 1. The van der Waals surface area contributed by atoms with Crippen LogP contribution in [-0.4, -0.2) is 28.4 Å². The highest BCUT2D eigenvalue weighted by Gasteiger charge is 2.15. The summed E-state index contributed by atoms with van der Waals surface area (Å²) in [7, 11) is 1.99. The van der Waals surface area contributed by atoms with E-state index >= 15 is 0 Å². The van der Waals surface area contributed by atoms with E-state index in [1.165, 1.54) is 25.0 Å². The molecule has 5 heteroatoms. The number of hydrogen-bond acceptors (Lipinski definition) is 3. The smallest absolute Gasteiger partial charge is 0.168 e. The molecule has 0 amide bonds. The molecule has 19 heavy (non-hydrogen) atoms. The highest BCUT2D eigenvalue weighted by atomic mass is 32.2. The summed E-state index contributed by atoms with van der Waals surface area (Å²) in [5, 5.41) is 4.41. The third-order valence-electron chi connectivity index (χ3n) is 3.65. The molecule has 1 fully saturated rings. The molecule has 0 radical (unpaired) electrons. The van der Waals surface area contributed by atoms with Gasteiger partial charge in [-0.3, -0.25) is 0 Å². The summed E-state index contributed by atoms with van der Waals surface area (Å²) < 4.78 is 15.2. The van der Waals surface area contributed by atoms with Gasteiger partial charge in [-0.15, -0.1) is 0 Å². The van der Waals surface area contributed by atoms with Crippen LogP contribution in [0.1, 0.15) is 12.8 Å². The van der Waals surface area contributed by atoms with Gasteiger partial charge in [-0.25, -0.2) is 9.37 Å². The van der Waals surface area contributed by atoms with Crippen LogP contribution >= 0.6 is 11.8 Å². The van der Waals surface area contributed by atoms with E-state index in [1.54, 1.807) is 17.8 Å². The van der Waals surface area contributed by atoms with Crippen LogP contribution in [0.5, 0.6) is 0 Å². The largest absolute Gasteiger partial charge is 0.322 e. The van der Waals surface area contributed by atoms with Crippen molar-refractivity contribution in [3.05, 3.63) is 24.0 Å². The van der Waals surface area contributed by atoms with Gasteiger partial charge in [0.15, 0.2) is 5.16 Å². The van der Waals surface area contributed by atoms with Crippen molar-refractivity contribution in [2.24, 2.45) is 13.0 Å². The average Bonchev–Trinajstić information content (AvgIpc) is 2.74. The molecule has 0 spiro atoms. The molecule has 1 unspecified atom stereocenters. The Balaban J connectivity index is 1.75. The van der Waals surface area contributed by atoms with E-state index in [0.717, 1.165) is 41.0 Å². The molecule has 1 saturated heterocycles. The Morgan fingerprint density at radius 1 is 1.53 bits per heavy atom. The topological polar surface area (TPSA) is 29.9 Å². The van der Waals surface area contributed by atoms with Crippen LogP contribution in [0.15, 0.2) is 23.4 Å². The number of imidazole rings is 1. The molecule has 2 aromatic rings. The fraction of sp³-hybridized carbons (Fsp3) is 0.500. The van der Waals surface area contributed by atoms with Gasteiger partial charge in [-0.05, 0) is 44.0 Å². The lowest BCUT2D eigenvalue weighted by atomic mass is 10.0. The van der Waals surface area contributed by atoms with E-state index in [4.69, 9.17) is 0 Å². The first kappa shape index (κ1) is 12.9. The Labute approximate surface area is 116 Å². The number of benzene rings is 1. The monoisotopic (exact) mass is 279 g/mol. The SMILES string of the molecule is Cn1c(SCC2CCCNC2)nc2cc(F)ccc21. The lowest BCUT2D eigenvalue weighted by Gasteiger charge is -2.21. The Kier molecular flexibility index (Phi) is 3.75. The average molecular weight is 279 g/mol. The molecule has 1 aliphatic heterocycles. The van der Waals surface area contributed by atoms with E-state index in [0.29, 0.717) is 0 Å². The summed E-state index contributed by atoms with van der Waals surface area (Å²) in [4.78, 5) is 4.52. The minimum atomic E-state index is -0.223. The maximum atomic E-state index is 13.2. The number of nitrogens with zero attached hydrogens (tertiary/aromatic N) is 2. The minimum Gasteiger partial charge on any atom is -0.322 e. The Hall–Kier alpha value is -1.07. The van der Waals surface area contributed by atoms with Crippen LogP contribution < -0.4 is 5.32 Å². The van der Waals surface area contributed by atoms with Crippen molar-refractivity contribution in [3.63, 3.8) is 0 Å². The highest BCUT2D eigenvalue weighted by Crippen LogP contribution is 2.26. The summed E-state index contributed by atoms with van der Waals surface area (Å²) in [5.74, 6) is 1.57. The van der Waals surface area contributed by atoms with Crippen molar-refractivity contribution >= 4 is 22.8 Å². The van der Waals surface area contributed by atoms with Crippen LogP contribution in [0, 0.1) is 11.7 Å². The Morgan fingerprint density at radius 3 is 3.21 bits per heavy atom. The Morgan fingerprint density at radius 2 is 2.42 bits per heavy atom. The molecular weight excluding hydrogens is 261 g/mol. The van der Waals surface area contributed by atoms with Gasteiger partial charge in [0.25, 0.3) is 0 Å². The predicted molar refractivity (Wildman–Crippen MR) is 77.0 cm³/mol. The third kappa shape index (κ3) is 2.77. The summed E-state index contributed by atoms with van der Waals surface area (Å²) in [5.41, 5.74) is 1.73. The molecule has 1 aromatic heterocycles. The van der Waals surface area contributed by atoms with Crippen LogP contribution in [0.3, 0.4) is 0 Å².